The number of benzene rings is 1. The van der Waals surface area contributed by atoms with Crippen LogP contribution in [-0.2, 0) is 0 Å². The molecule has 1 unspecified atom stereocenters. The van der Waals surface area contributed by atoms with E-state index in [0.29, 0.717) is 0 Å². The van der Waals surface area contributed by atoms with Crippen LogP contribution in [0, 0.1) is 0 Å². The molecule has 0 heterocycles. The van der Waals surface area contributed by atoms with Gasteiger partial charge in [-0.3, -0.25) is 0 Å². The first-order chi connectivity index (χ1) is 7.84. The van der Waals surface area contributed by atoms with Crippen molar-refractivity contribution in [2.24, 2.45) is 5.73 Å². The van der Waals surface area contributed by atoms with Gasteiger partial charge in [-0.2, -0.15) is 11.8 Å². The van der Waals surface area contributed by atoms with Crippen LogP contribution in [0.5, 0.6) is 0 Å². The molecule has 1 atom stereocenters. The maximum absolute atomic E-state index is 6.13. The van der Waals surface area contributed by atoms with Crippen LogP contribution < -0.4 is 5.73 Å². The standard InChI is InChI=1S/C14H23NS/c1-2-16-12-8-4-7-11-14(15)13-9-5-3-6-10-13/h3,5-6,9-10,14H,2,4,7-8,11-12,15H2,1H3. The van der Waals surface area contributed by atoms with Crippen molar-refractivity contribution in [2.75, 3.05) is 11.5 Å². The molecular formula is C14H23NS. The third kappa shape index (κ3) is 5.57. The van der Waals surface area contributed by atoms with Crippen LogP contribution in [0.4, 0.5) is 0 Å². The predicted molar refractivity (Wildman–Crippen MR) is 74.8 cm³/mol. The van der Waals surface area contributed by atoms with E-state index in [9.17, 15) is 0 Å². The van der Waals surface area contributed by atoms with E-state index in [1.165, 1.54) is 36.3 Å². The highest BCUT2D eigenvalue weighted by atomic mass is 32.2. The highest BCUT2D eigenvalue weighted by Gasteiger charge is 2.03. The first-order valence-corrected chi connectivity index (χ1v) is 7.38. The maximum Gasteiger partial charge on any atom is 0.0294 e. The highest BCUT2D eigenvalue weighted by Crippen LogP contribution is 2.17. The summed E-state index contributed by atoms with van der Waals surface area (Å²) in [6.07, 6.45) is 5.01. The number of unbranched alkanes of at least 4 members (excludes halogenated alkanes) is 2. The van der Waals surface area contributed by atoms with Gasteiger partial charge in [-0.1, -0.05) is 50.1 Å². The second-order valence-corrected chi connectivity index (χ2v) is 5.46. The smallest absolute Gasteiger partial charge is 0.0294 e. The van der Waals surface area contributed by atoms with Crippen molar-refractivity contribution in [1.29, 1.82) is 0 Å². The molecule has 0 aliphatic carbocycles. The molecule has 1 aromatic carbocycles. The first-order valence-electron chi connectivity index (χ1n) is 6.23. The van der Waals surface area contributed by atoms with E-state index >= 15 is 0 Å². The van der Waals surface area contributed by atoms with Gasteiger partial charge in [0.15, 0.2) is 0 Å². The van der Waals surface area contributed by atoms with Crippen LogP contribution >= 0.6 is 11.8 Å². The van der Waals surface area contributed by atoms with Crippen LogP contribution in [-0.4, -0.2) is 11.5 Å². The van der Waals surface area contributed by atoms with Gasteiger partial charge in [0.25, 0.3) is 0 Å². The first kappa shape index (κ1) is 13.6. The van der Waals surface area contributed by atoms with E-state index in [4.69, 9.17) is 5.73 Å². The van der Waals surface area contributed by atoms with Crippen molar-refractivity contribution in [2.45, 2.75) is 38.6 Å². The van der Waals surface area contributed by atoms with E-state index in [2.05, 4.69) is 31.2 Å². The lowest BCUT2D eigenvalue weighted by Crippen LogP contribution is -2.09. The zero-order valence-electron chi connectivity index (χ0n) is 10.2. The van der Waals surface area contributed by atoms with Gasteiger partial charge in [0.05, 0.1) is 0 Å². The van der Waals surface area contributed by atoms with Gasteiger partial charge in [-0.25, -0.2) is 0 Å². The van der Waals surface area contributed by atoms with Gasteiger partial charge in [-0.05, 0) is 29.9 Å². The van der Waals surface area contributed by atoms with Gasteiger partial charge in [0.2, 0.25) is 0 Å². The molecule has 0 radical (unpaired) electrons. The number of hydrogen-bond acceptors (Lipinski definition) is 2. The minimum atomic E-state index is 0.222. The minimum absolute atomic E-state index is 0.222. The molecule has 1 aromatic rings. The van der Waals surface area contributed by atoms with Gasteiger partial charge < -0.3 is 5.73 Å². The Kier molecular flexibility index (Phi) is 7.35. The average Bonchev–Trinajstić information content (AvgIpc) is 2.34. The molecule has 0 aliphatic rings. The second-order valence-electron chi connectivity index (χ2n) is 4.06. The SMILES string of the molecule is CCSCCCCCC(N)c1ccccc1. The van der Waals surface area contributed by atoms with Gasteiger partial charge in [-0.15, -0.1) is 0 Å². The van der Waals surface area contributed by atoms with E-state index in [1.54, 1.807) is 0 Å². The molecule has 0 amide bonds. The number of rotatable bonds is 8. The monoisotopic (exact) mass is 237 g/mol. The van der Waals surface area contributed by atoms with Crippen LogP contribution in [0.2, 0.25) is 0 Å². The average molecular weight is 237 g/mol. The number of hydrogen-bond donors (Lipinski definition) is 1. The zero-order chi connectivity index (χ0) is 11.6. The van der Waals surface area contributed by atoms with Gasteiger partial charge in [0.1, 0.15) is 0 Å². The van der Waals surface area contributed by atoms with Crippen molar-refractivity contribution in [3.05, 3.63) is 35.9 Å². The fourth-order valence-electron chi connectivity index (χ4n) is 1.76. The second kappa shape index (κ2) is 8.66. The van der Waals surface area contributed by atoms with Crippen molar-refractivity contribution in [3.8, 4) is 0 Å². The topological polar surface area (TPSA) is 26.0 Å². The van der Waals surface area contributed by atoms with Gasteiger partial charge in [0, 0.05) is 6.04 Å². The van der Waals surface area contributed by atoms with E-state index in [1.807, 2.05) is 17.8 Å². The molecule has 0 bridgehead atoms. The van der Waals surface area contributed by atoms with Crippen molar-refractivity contribution in [1.82, 2.24) is 0 Å². The molecule has 2 N–H and O–H groups in total. The summed E-state index contributed by atoms with van der Waals surface area (Å²) in [5.74, 6) is 2.54. The summed E-state index contributed by atoms with van der Waals surface area (Å²) in [5.41, 5.74) is 7.40. The molecule has 0 saturated carbocycles. The lowest BCUT2D eigenvalue weighted by Gasteiger charge is -2.11. The van der Waals surface area contributed by atoms with Crippen LogP contribution in [0.3, 0.4) is 0 Å². The van der Waals surface area contributed by atoms with Crippen LogP contribution in [0.25, 0.3) is 0 Å². The minimum Gasteiger partial charge on any atom is -0.324 e. The molecule has 0 spiro atoms. The molecule has 1 rings (SSSR count). The Balaban J connectivity index is 2.09. The molecule has 1 nitrogen and oxygen atoms in total. The van der Waals surface area contributed by atoms with Crippen molar-refractivity contribution in [3.63, 3.8) is 0 Å². The Morgan fingerprint density at radius 3 is 2.56 bits per heavy atom. The van der Waals surface area contributed by atoms with Crippen molar-refractivity contribution >= 4 is 11.8 Å². The van der Waals surface area contributed by atoms with Gasteiger partial charge >= 0.3 is 0 Å². The summed E-state index contributed by atoms with van der Waals surface area (Å²) in [6.45, 7) is 2.22. The summed E-state index contributed by atoms with van der Waals surface area (Å²) >= 11 is 2.03. The molecule has 0 aliphatic heterocycles. The maximum atomic E-state index is 6.13. The molecule has 90 valence electrons. The van der Waals surface area contributed by atoms with Crippen molar-refractivity contribution < 1.29 is 0 Å². The molecule has 16 heavy (non-hydrogen) atoms. The van der Waals surface area contributed by atoms with Crippen LogP contribution in [0.15, 0.2) is 30.3 Å². The fraction of sp³-hybridized carbons (Fsp3) is 0.571. The molecule has 0 saturated heterocycles. The Hall–Kier alpha value is -0.470. The normalized spacial score (nSPS) is 12.6. The Morgan fingerprint density at radius 2 is 1.88 bits per heavy atom. The van der Waals surface area contributed by atoms with E-state index in [-0.39, 0.29) is 6.04 Å². The number of thioether (sulfide) groups is 1. The highest BCUT2D eigenvalue weighted by molar-refractivity contribution is 7.99. The Morgan fingerprint density at radius 1 is 1.12 bits per heavy atom. The van der Waals surface area contributed by atoms with E-state index < -0.39 is 0 Å². The Bertz CT molecular complexity index is 261. The zero-order valence-corrected chi connectivity index (χ0v) is 11.0. The Labute approximate surface area is 104 Å². The lowest BCUT2D eigenvalue weighted by molar-refractivity contribution is 0.583. The largest absolute Gasteiger partial charge is 0.324 e. The summed E-state index contributed by atoms with van der Waals surface area (Å²) in [5, 5.41) is 0. The predicted octanol–water partition coefficient (Wildman–Crippen LogP) is 4.00. The van der Waals surface area contributed by atoms with E-state index in [0.717, 1.165) is 6.42 Å². The third-order valence-corrected chi connectivity index (χ3v) is 3.72. The molecular weight excluding hydrogens is 214 g/mol. The third-order valence-electron chi connectivity index (χ3n) is 2.74. The quantitative estimate of drug-likeness (QED) is 0.692. The summed E-state index contributed by atoms with van der Waals surface area (Å²) < 4.78 is 0. The lowest BCUT2D eigenvalue weighted by atomic mass is 10.0. The summed E-state index contributed by atoms with van der Waals surface area (Å²) in [4.78, 5) is 0. The summed E-state index contributed by atoms with van der Waals surface area (Å²) in [7, 11) is 0. The van der Waals surface area contributed by atoms with Crippen LogP contribution in [0.1, 0.15) is 44.2 Å². The molecule has 0 aromatic heterocycles. The molecule has 0 fully saturated rings. The number of nitrogens with two attached hydrogens (primary N) is 1. The fourth-order valence-corrected chi connectivity index (χ4v) is 2.45. The molecule has 2 heteroatoms. The summed E-state index contributed by atoms with van der Waals surface area (Å²) in [6, 6.07) is 10.6.